The minimum atomic E-state index is -0.245. The van der Waals surface area contributed by atoms with Crippen LogP contribution in [0.5, 0.6) is 0 Å². The molecule has 0 radical (unpaired) electrons. The molecule has 1 aromatic heterocycles. The van der Waals surface area contributed by atoms with Gasteiger partial charge in [0.15, 0.2) is 0 Å². The fourth-order valence-electron chi connectivity index (χ4n) is 2.01. The Kier molecular flexibility index (Phi) is 4.40. The van der Waals surface area contributed by atoms with E-state index in [9.17, 15) is 4.79 Å². The van der Waals surface area contributed by atoms with E-state index in [2.05, 4.69) is 20.5 Å². The van der Waals surface area contributed by atoms with E-state index in [0.29, 0.717) is 5.82 Å². The van der Waals surface area contributed by atoms with Gasteiger partial charge in [0.1, 0.15) is 5.82 Å². The molecular weight excluding hydrogens is 264 g/mol. The number of aromatic amines is 1. The lowest BCUT2D eigenvalue weighted by Gasteiger charge is -2.13. The van der Waals surface area contributed by atoms with Crippen LogP contribution in [-0.2, 0) is 11.8 Å². The van der Waals surface area contributed by atoms with Gasteiger partial charge in [-0.15, -0.1) is 5.10 Å². The highest BCUT2D eigenvalue weighted by molar-refractivity contribution is 5.90. The maximum atomic E-state index is 12.1. The number of hydrogen-bond donors (Lipinski definition) is 2. The third-order valence-electron chi connectivity index (χ3n) is 3.16. The first-order valence-electron chi connectivity index (χ1n) is 7.14. The summed E-state index contributed by atoms with van der Waals surface area (Å²) in [5.74, 6) is 0.661. The van der Waals surface area contributed by atoms with E-state index in [1.54, 1.807) is 0 Å². The summed E-state index contributed by atoms with van der Waals surface area (Å²) in [6, 6.07) is 10.1. The minimum Gasteiger partial charge on any atom is -0.346 e. The van der Waals surface area contributed by atoms with Crippen molar-refractivity contribution in [2.75, 3.05) is 0 Å². The second-order valence-electron chi connectivity index (χ2n) is 6.32. The molecule has 0 saturated carbocycles. The zero-order valence-electron chi connectivity index (χ0n) is 13.0. The van der Waals surface area contributed by atoms with E-state index in [1.165, 1.54) is 5.56 Å². The van der Waals surface area contributed by atoms with Crippen molar-refractivity contribution in [2.24, 2.45) is 0 Å². The molecule has 0 aliphatic rings. The number of benzene rings is 1. The second-order valence-corrected chi connectivity index (χ2v) is 6.32. The largest absolute Gasteiger partial charge is 0.346 e. The Hall–Kier alpha value is -2.17. The Morgan fingerprint density at radius 1 is 1.29 bits per heavy atom. The van der Waals surface area contributed by atoms with Gasteiger partial charge in [-0.05, 0) is 18.9 Å². The topological polar surface area (TPSA) is 70.7 Å². The molecule has 0 aliphatic carbocycles. The van der Waals surface area contributed by atoms with Gasteiger partial charge >= 0.3 is 0 Å². The SMILES string of the molecule is CC(Cc1ccccc1)NC(=O)c1n[nH]c(C(C)(C)C)n1. The molecule has 0 bridgehead atoms. The monoisotopic (exact) mass is 286 g/mol. The fourth-order valence-corrected chi connectivity index (χ4v) is 2.01. The van der Waals surface area contributed by atoms with E-state index in [-0.39, 0.29) is 23.2 Å². The second kappa shape index (κ2) is 6.08. The quantitative estimate of drug-likeness (QED) is 0.907. The Morgan fingerprint density at radius 3 is 2.52 bits per heavy atom. The molecule has 2 rings (SSSR count). The van der Waals surface area contributed by atoms with Crippen LogP contribution in [0.15, 0.2) is 30.3 Å². The molecule has 0 saturated heterocycles. The van der Waals surface area contributed by atoms with Gasteiger partial charge in [0.2, 0.25) is 5.82 Å². The van der Waals surface area contributed by atoms with E-state index >= 15 is 0 Å². The van der Waals surface area contributed by atoms with Crippen molar-refractivity contribution in [2.45, 2.75) is 45.6 Å². The summed E-state index contributed by atoms with van der Waals surface area (Å²) in [4.78, 5) is 16.4. The van der Waals surface area contributed by atoms with Gasteiger partial charge in [0, 0.05) is 11.5 Å². The van der Waals surface area contributed by atoms with Crippen LogP contribution in [-0.4, -0.2) is 27.1 Å². The van der Waals surface area contributed by atoms with Crippen molar-refractivity contribution in [3.8, 4) is 0 Å². The van der Waals surface area contributed by atoms with Crippen molar-refractivity contribution in [1.82, 2.24) is 20.5 Å². The Bertz CT molecular complexity index is 598. The smallest absolute Gasteiger partial charge is 0.291 e. The minimum absolute atomic E-state index is 0.0245. The highest BCUT2D eigenvalue weighted by Crippen LogP contribution is 2.17. The zero-order valence-corrected chi connectivity index (χ0v) is 13.0. The van der Waals surface area contributed by atoms with Gasteiger partial charge in [0.25, 0.3) is 5.91 Å². The molecule has 0 spiro atoms. The highest BCUT2D eigenvalue weighted by Gasteiger charge is 2.21. The van der Waals surface area contributed by atoms with Crippen LogP contribution in [0.1, 0.15) is 49.7 Å². The normalized spacial score (nSPS) is 13.0. The Morgan fingerprint density at radius 2 is 1.95 bits per heavy atom. The standard InChI is InChI=1S/C16H22N4O/c1-11(10-12-8-6-5-7-9-12)17-14(21)13-18-15(20-19-13)16(2,3)4/h5-9,11H,10H2,1-4H3,(H,17,21)(H,18,19,20). The first-order valence-corrected chi connectivity index (χ1v) is 7.14. The van der Waals surface area contributed by atoms with Crippen molar-refractivity contribution in [3.05, 3.63) is 47.5 Å². The molecule has 2 aromatic rings. The van der Waals surface area contributed by atoms with E-state index in [0.717, 1.165) is 6.42 Å². The van der Waals surface area contributed by atoms with Crippen molar-refractivity contribution in [3.63, 3.8) is 0 Å². The van der Waals surface area contributed by atoms with Gasteiger partial charge in [-0.2, -0.15) is 0 Å². The first-order chi connectivity index (χ1) is 9.86. The number of carbonyl (C=O) groups excluding carboxylic acids is 1. The summed E-state index contributed by atoms with van der Waals surface area (Å²) in [5, 5.41) is 9.75. The van der Waals surface area contributed by atoms with E-state index < -0.39 is 0 Å². The molecule has 21 heavy (non-hydrogen) atoms. The van der Waals surface area contributed by atoms with Crippen LogP contribution < -0.4 is 5.32 Å². The summed E-state index contributed by atoms with van der Waals surface area (Å²) in [7, 11) is 0. The first kappa shape index (κ1) is 15.2. The van der Waals surface area contributed by atoms with Crippen molar-refractivity contribution in [1.29, 1.82) is 0 Å². The van der Waals surface area contributed by atoms with Crippen LogP contribution in [0.25, 0.3) is 0 Å². The molecule has 1 heterocycles. The lowest BCUT2D eigenvalue weighted by atomic mass is 9.96. The van der Waals surface area contributed by atoms with Crippen LogP contribution in [0.3, 0.4) is 0 Å². The van der Waals surface area contributed by atoms with E-state index in [1.807, 2.05) is 58.0 Å². The van der Waals surface area contributed by atoms with Crippen LogP contribution in [0.2, 0.25) is 0 Å². The molecule has 1 amide bonds. The van der Waals surface area contributed by atoms with Gasteiger partial charge in [-0.1, -0.05) is 51.1 Å². The number of nitrogens with zero attached hydrogens (tertiary/aromatic N) is 2. The van der Waals surface area contributed by atoms with Crippen LogP contribution in [0.4, 0.5) is 0 Å². The predicted octanol–water partition coefficient (Wildman–Crippen LogP) is 2.46. The van der Waals surface area contributed by atoms with E-state index in [4.69, 9.17) is 0 Å². The average Bonchev–Trinajstić information content (AvgIpc) is 2.89. The lowest BCUT2D eigenvalue weighted by molar-refractivity contribution is 0.0930. The molecule has 0 fully saturated rings. The van der Waals surface area contributed by atoms with Crippen molar-refractivity contribution >= 4 is 5.91 Å². The molecule has 2 N–H and O–H groups in total. The Balaban J connectivity index is 1.96. The van der Waals surface area contributed by atoms with Gasteiger partial charge < -0.3 is 5.32 Å². The number of rotatable bonds is 4. The van der Waals surface area contributed by atoms with Crippen LogP contribution >= 0.6 is 0 Å². The fraction of sp³-hybridized carbons (Fsp3) is 0.438. The number of aromatic nitrogens is 3. The maximum Gasteiger partial charge on any atom is 0.291 e. The molecule has 112 valence electrons. The lowest BCUT2D eigenvalue weighted by Crippen LogP contribution is -2.34. The summed E-state index contributed by atoms with van der Waals surface area (Å²) < 4.78 is 0. The summed E-state index contributed by atoms with van der Waals surface area (Å²) in [6.45, 7) is 8.04. The highest BCUT2D eigenvalue weighted by atomic mass is 16.2. The number of H-pyrrole nitrogens is 1. The third kappa shape index (κ3) is 4.15. The number of carbonyl (C=O) groups is 1. The summed E-state index contributed by atoms with van der Waals surface area (Å²) in [6.07, 6.45) is 0.781. The zero-order chi connectivity index (χ0) is 15.5. The average molecular weight is 286 g/mol. The third-order valence-corrected chi connectivity index (χ3v) is 3.16. The number of hydrogen-bond acceptors (Lipinski definition) is 3. The molecular formula is C16H22N4O. The van der Waals surface area contributed by atoms with Gasteiger partial charge in [-0.3, -0.25) is 9.89 Å². The Labute approximate surface area is 125 Å². The molecule has 5 heteroatoms. The van der Waals surface area contributed by atoms with Crippen molar-refractivity contribution < 1.29 is 4.79 Å². The summed E-state index contributed by atoms with van der Waals surface area (Å²) >= 11 is 0. The van der Waals surface area contributed by atoms with Crippen LogP contribution in [0, 0.1) is 0 Å². The molecule has 0 aliphatic heterocycles. The molecule has 5 nitrogen and oxygen atoms in total. The molecule has 1 atom stereocenters. The van der Waals surface area contributed by atoms with Gasteiger partial charge in [-0.25, -0.2) is 4.98 Å². The number of nitrogens with one attached hydrogen (secondary N) is 2. The maximum absolute atomic E-state index is 12.1. The van der Waals surface area contributed by atoms with Gasteiger partial charge in [0.05, 0.1) is 0 Å². The molecule has 1 unspecified atom stereocenters. The predicted molar refractivity (Wildman–Crippen MR) is 82.2 cm³/mol. The molecule has 1 aromatic carbocycles. The number of amides is 1. The summed E-state index contributed by atoms with van der Waals surface area (Å²) in [5.41, 5.74) is 1.04.